The van der Waals surface area contributed by atoms with Gasteiger partial charge in [-0.3, -0.25) is 19.3 Å². The van der Waals surface area contributed by atoms with Gasteiger partial charge >= 0.3 is 0 Å². The van der Waals surface area contributed by atoms with Crippen molar-refractivity contribution in [2.24, 2.45) is 5.16 Å². The Bertz CT molecular complexity index is 1570. The lowest BCUT2D eigenvalue weighted by molar-refractivity contribution is -0.699. The number of fused-ring (bicyclic) bond motifs is 1. The first-order chi connectivity index (χ1) is 20.7. The number of carboxylic acids is 1. The quantitative estimate of drug-likeness (QED) is 0.0648. The summed E-state index contributed by atoms with van der Waals surface area (Å²) in [4.78, 5) is 58.2. The molecule has 3 saturated heterocycles. The van der Waals surface area contributed by atoms with Gasteiger partial charge in [0.25, 0.3) is 11.8 Å². The number of carbonyl (C=O) groups is 4. The van der Waals surface area contributed by atoms with Crippen LogP contribution in [0, 0.1) is 0 Å². The Morgan fingerprint density at radius 1 is 1.30 bits per heavy atom. The van der Waals surface area contributed by atoms with E-state index in [1.165, 1.54) is 17.1 Å². The summed E-state index contributed by atoms with van der Waals surface area (Å²) in [5, 5.41) is 31.4. The number of β-lactam (4-membered cyclic amide) rings is 1. The number of anilines is 1. The number of nitrogens with two attached hydrogens (primary N) is 1. The van der Waals surface area contributed by atoms with E-state index < -0.39 is 34.9 Å². The van der Waals surface area contributed by atoms with Gasteiger partial charge in [0.05, 0.1) is 17.7 Å². The number of carbonyl (C=O) groups excluding carboxylic acids is 4. The molecule has 2 unspecified atom stereocenters. The van der Waals surface area contributed by atoms with Crippen LogP contribution < -0.4 is 26.0 Å². The lowest BCUT2D eigenvalue weighted by Crippen LogP contribution is -2.71. The van der Waals surface area contributed by atoms with Crippen LogP contribution in [0.4, 0.5) is 5.13 Å². The summed E-state index contributed by atoms with van der Waals surface area (Å²) in [6.07, 6.45) is 6.84. The SMILES string of the molecule is Nc1nc(/C(=N/O)C(=O)N[C@@H]2C(=O)N3C(C(=O)[O-])=C(/C=C4\CCN(C5CNC(C[n+]6ccccc6)C5)C4=O)CS[C@H]23)cs1. The number of thiazole rings is 1. The number of aliphatic carboxylic acids is 1. The van der Waals surface area contributed by atoms with E-state index in [-0.39, 0.29) is 40.3 Å². The van der Waals surface area contributed by atoms with Crippen molar-refractivity contribution in [1.29, 1.82) is 0 Å². The summed E-state index contributed by atoms with van der Waals surface area (Å²) in [6, 6.07) is 5.10. The van der Waals surface area contributed by atoms with Gasteiger partial charge in [0.2, 0.25) is 5.91 Å². The molecule has 2 aromatic rings. The molecule has 4 aliphatic heterocycles. The number of aromatic nitrogens is 2. The van der Waals surface area contributed by atoms with Crippen LogP contribution in [0.3, 0.4) is 0 Å². The third-order valence-corrected chi connectivity index (χ3v) is 9.89. The molecule has 43 heavy (non-hydrogen) atoms. The molecule has 5 N–H and O–H groups in total. The second-order valence-electron chi connectivity index (χ2n) is 10.5. The van der Waals surface area contributed by atoms with Crippen LogP contribution in [0.15, 0.2) is 64.0 Å². The summed E-state index contributed by atoms with van der Waals surface area (Å²) in [5.74, 6) is -3.02. The molecule has 3 fully saturated rings. The van der Waals surface area contributed by atoms with Crippen molar-refractivity contribution in [2.45, 2.75) is 42.9 Å². The zero-order chi connectivity index (χ0) is 30.2. The Balaban J connectivity index is 1.13. The van der Waals surface area contributed by atoms with E-state index in [0.717, 1.165) is 29.2 Å². The molecule has 224 valence electrons. The fourth-order valence-corrected chi connectivity index (χ4v) is 7.73. The number of allylic oxidation sites excluding steroid dienone is 1. The maximum Gasteiger partial charge on any atom is 0.276 e. The van der Waals surface area contributed by atoms with Crippen LogP contribution in [-0.2, 0) is 25.7 Å². The largest absolute Gasteiger partial charge is 0.543 e. The summed E-state index contributed by atoms with van der Waals surface area (Å²) < 4.78 is 2.10. The Morgan fingerprint density at radius 3 is 2.79 bits per heavy atom. The van der Waals surface area contributed by atoms with Crippen LogP contribution in [0.2, 0.25) is 0 Å². The molecule has 0 spiro atoms. The van der Waals surface area contributed by atoms with E-state index in [1.807, 2.05) is 35.5 Å². The molecule has 6 rings (SSSR count). The molecule has 0 saturated carbocycles. The number of hydrogen-bond acceptors (Lipinski definition) is 12. The van der Waals surface area contributed by atoms with Crippen LogP contribution >= 0.6 is 23.1 Å². The zero-order valence-corrected chi connectivity index (χ0v) is 24.3. The van der Waals surface area contributed by atoms with Crippen molar-refractivity contribution in [3.63, 3.8) is 0 Å². The molecule has 0 aromatic carbocycles. The van der Waals surface area contributed by atoms with Crippen molar-refractivity contribution in [3.8, 4) is 0 Å². The second-order valence-corrected chi connectivity index (χ2v) is 12.5. The van der Waals surface area contributed by atoms with Gasteiger partial charge in [0.1, 0.15) is 17.1 Å². The lowest BCUT2D eigenvalue weighted by atomic mass is 10.0. The predicted octanol–water partition coefficient (Wildman–Crippen LogP) is -1.82. The molecule has 16 heteroatoms. The van der Waals surface area contributed by atoms with Crippen molar-refractivity contribution in [1.82, 2.24) is 25.4 Å². The van der Waals surface area contributed by atoms with E-state index in [0.29, 0.717) is 30.7 Å². The minimum atomic E-state index is -1.55. The number of likely N-dealkylation sites (tertiary alicyclic amines) is 1. The third-order valence-electron chi connectivity index (χ3n) is 7.91. The molecule has 14 nitrogen and oxygen atoms in total. The molecule has 6 heterocycles. The first-order valence-corrected chi connectivity index (χ1v) is 15.5. The molecule has 0 aliphatic carbocycles. The highest BCUT2D eigenvalue weighted by Crippen LogP contribution is 2.41. The van der Waals surface area contributed by atoms with Gasteiger partial charge in [-0.25, -0.2) is 9.55 Å². The number of rotatable bonds is 8. The number of amides is 3. The highest BCUT2D eigenvalue weighted by Gasteiger charge is 2.53. The van der Waals surface area contributed by atoms with Gasteiger partial charge in [0, 0.05) is 48.0 Å². The van der Waals surface area contributed by atoms with Crippen LogP contribution in [-0.4, -0.2) is 91.7 Å². The van der Waals surface area contributed by atoms with Crippen molar-refractivity contribution >= 4 is 57.6 Å². The minimum absolute atomic E-state index is 0.0295. The number of nitrogens with zero attached hydrogens (tertiary/aromatic N) is 5. The summed E-state index contributed by atoms with van der Waals surface area (Å²) in [7, 11) is 0. The summed E-state index contributed by atoms with van der Waals surface area (Å²) in [5.41, 5.74) is 5.69. The molecule has 2 aromatic heterocycles. The monoisotopic (exact) mass is 624 g/mol. The van der Waals surface area contributed by atoms with E-state index in [2.05, 4.69) is 25.3 Å². The molecule has 3 amide bonds. The minimum Gasteiger partial charge on any atom is -0.543 e. The first-order valence-electron chi connectivity index (χ1n) is 13.6. The number of hydrogen-bond donors (Lipinski definition) is 4. The second kappa shape index (κ2) is 11.8. The van der Waals surface area contributed by atoms with Crippen molar-refractivity contribution in [3.05, 3.63) is 64.6 Å². The maximum absolute atomic E-state index is 13.4. The number of oxime groups is 1. The fraction of sp³-hybridized carbons (Fsp3) is 0.370. The normalized spacial score (nSPS) is 26.6. The standard InChI is InChI=1S/C27H28N8O6S2/c28-27-30-18(13-43-27)19(32-41)22(36)31-20-24(38)35-21(26(39)40)15(12-42-25(20)35)8-14-4-7-34(23(14)37)17-9-16(29-10-17)11-33-5-2-1-3-6-33/h1-3,5-6,8,13,16-17,20,25,29H,4,7,9-12H2,(H4-,28,30,31,36,39,40,41)/b14-8+/t16?,17?,20-,25-/m1/s1. The van der Waals surface area contributed by atoms with Gasteiger partial charge in [-0.2, -0.15) is 0 Å². The Labute approximate surface area is 253 Å². The molecular weight excluding hydrogens is 596 g/mol. The third kappa shape index (κ3) is 5.48. The average molecular weight is 625 g/mol. The molecule has 0 bridgehead atoms. The summed E-state index contributed by atoms with van der Waals surface area (Å²) >= 11 is 2.30. The van der Waals surface area contributed by atoms with Crippen LogP contribution in [0.25, 0.3) is 0 Å². The smallest absolute Gasteiger partial charge is 0.276 e. The van der Waals surface area contributed by atoms with Gasteiger partial charge in [-0.1, -0.05) is 11.2 Å². The number of nitrogen functional groups attached to an aromatic ring is 1. The van der Waals surface area contributed by atoms with Crippen LogP contribution in [0.5, 0.6) is 0 Å². The van der Waals surface area contributed by atoms with Gasteiger partial charge in [-0.15, -0.1) is 23.1 Å². The van der Waals surface area contributed by atoms with Gasteiger partial charge < -0.3 is 36.4 Å². The highest BCUT2D eigenvalue weighted by atomic mass is 32.2. The Hall–Kier alpha value is -4.28. The molecule has 0 radical (unpaired) electrons. The number of carboxylic acid groups (broad SMARTS) is 1. The maximum atomic E-state index is 13.4. The lowest BCUT2D eigenvalue weighted by Gasteiger charge is -2.50. The van der Waals surface area contributed by atoms with Gasteiger partial charge in [0.15, 0.2) is 29.8 Å². The Kier molecular flexibility index (Phi) is 7.89. The highest BCUT2D eigenvalue weighted by molar-refractivity contribution is 8.00. The predicted molar refractivity (Wildman–Crippen MR) is 153 cm³/mol. The number of nitrogens with one attached hydrogen (secondary N) is 2. The Morgan fingerprint density at radius 2 is 2.09 bits per heavy atom. The summed E-state index contributed by atoms with van der Waals surface area (Å²) in [6.45, 7) is 2.00. The molecule has 4 aliphatic rings. The van der Waals surface area contributed by atoms with E-state index >= 15 is 0 Å². The van der Waals surface area contributed by atoms with Crippen molar-refractivity contribution < 1.29 is 34.1 Å². The average Bonchev–Trinajstić information content (AvgIpc) is 3.73. The van der Waals surface area contributed by atoms with E-state index in [9.17, 15) is 29.5 Å². The van der Waals surface area contributed by atoms with Gasteiger partial charge in [-0.05, 0) is 24.5 Å². The number of pyridine rings is 1. The van der Waals surface area contributed by atoms with Crippen LogP contribution in [0.1, 0.15) is 18.5 Å². The van der Waals surface area contributed by atoms with Crippen molar-refractivity contribution in [2.75, 3.05) is 24.6 Å². The molecular formula is C27H28N8O6S2. The number of thioether (sulfide) groups is 1. The topological polar surface area (TPSA) is 197 Å². The first kappa shape index (κ1) is 28.8. The van der Waals surface area contributed by atoms with E-state index in [1.54, 1.807) is 6.08 Å². The molecule has 4 atom stereocenters. The zero-order valence-electron chi connectivity index (χ0n) is 22.7. The van der Waals surface area contributed by atoms with E-state index in [4.69, 9.17) is 5.73 Å². The fourth-order valence-electron chi connectivity index (χ4n) is 5.87.